The molecule has 5 N–H and O–H groups in total. The molecule has 8 heteroatoms. The minimum atomic E-state index is -0.509. The van der Waals surface area contributed by atoms with Crippen LogP contribution in [0.5, 0.6) is 0 Å². The maximum atomic E-state index is 13.1. The summed E-state index contributed by atoms with van der Waals surface area (Å²) < 4.78 is 0. The first-order valence-corrected chi connectivity index (χ1v) is 9.85. The number of nitrogen functional groups attached to an aromatic ring is 1. The van der Waals surface area contributed by atoms with E-state index in [1.54, 1.807) is 12.4 Å². The monoisotopic (exact) mass is 404 g/mol. The highest BCUT2D eigenvalue weighted by atomic mass is 16.3. The van der Waals surface area contributed by atoms with Gasteiger partial charge in [-0.15, -0.1) is 0 Å². The lowest BCUT2D eigenvalue weighted by molar-refractivity contribution is 0.0988. The number of hydrogen-bond donors (Lipinski definition) is 3. The van der Waals surface area contributed by atoms with E-state index in [-0.39, 0.29) is 29.6 Å². The van der Waals surface area contributed by atoms with E-state index in [9.17, 15) is 9.90 Å². The Kier molecular flexibility index (Phi) is 5.69. The van der Waals surface area contributed by atoms with Crippen LogP contribution in [0, 0.1) is 0 Å². The predicted molar refractivity (Wildman–Crippen MR) is 115 cm³/mol. The van der Waals surface area contributed by atoms with E-state index in [1.807, 2.05) is 36.4 Å². The number of rotatable bonds is 5. The Morgan fingerprint density at radius 1 is 1.20 bits per heavy atom. The third kappa shape index (κ3) is 4.14. The van der Waals surface area contributed by atoms with Crippen molar-refractivity contribution in [3.8, 4) is 11.4 Å². The lowest BCUT2D eigenvalue weighted by atomic mass is 10.00. The van der Waals surface area contributed by atoms with E-state index in [2.05, 4.69) is 19.9 Å². The van der Waals surface area contributed by atoms with Crippen molar-refractivity contribution in [2.45, 2.75) is 25.0 Å². The Bertz CT molecular complexity index is 1040. The lowest BCUT2D eigenvalue weighted by Gasteiger charge is -2.36. The molecule has 30 heavy (non-hydrogen) atoms. The quantitative estimate of drug-likeness (QED) is 0.545. The summed E-state index contributed by atoms with van der Waals surface area (Å²) in [6.45, 7) is 1.17. The first-order valence-electron chi connectivity index (χ1n) is 9.85. The fraction of sp³-hybridized carbons (Fsp3) is 0.273. The summed E-state index contributed by atoms with van der Waals surface area (Å²) in [7, 11) is 0. The zero-order chi connectivity index (χ0) is 21.1. The number of nitrogens with zero attached hydrogens (tertiary/aromatic N) is 4. The number of pyridine rings is 1. The first kappa shape index (κ1) is 19.9. The van der Waals surface area contributed by atoms with Crippen molar-refractivity contribution in [2.24, 2.45) is 5.73 Å². The molecule has 1 saturated heterocycles. The molecule has 1 aromatic carbocycles. The molecular weight excluding hydrogens is 380 g/mol. The molecule has 2 aromatic heterocycles. The van der Waals surface area contributed by atoms with Crippen molar-refractivity contribution in [3.05, 3.63) is 66.2 Å². The van der Waals surface area contributed by atoms with E-state index < -0.39 is 6.10 Å². The molecular formula is C22H24N6O2. The topological polar surface area (TPSA) is 131 Å². The van der Waals surface area contributed by atoms with Crippen molar-refractivity contribution in [1.29, 1.82) is 0 Å². The summed E-state index contributed by atoms with van der Waals surface area (Å²) in [5, 5.41) is 9.91. The van der Waals surface area contributed by atoms with E-state index >= 15 is 0 Å². The van der Waals surface area contributed by atoms with Crippen molar-refractivity contribution >= 4 is 17.2 Å². The predicted octanol–water partition coefficient (Wildman–Crippen LogP) is 1.44. The number of benzene rings is 1. The zero-order valence-electron chi connectivity index (χ0n) is 16.5. The van der Waals surface area contributed by atoms with Crippen LogP contribution < -0.4 is 16.4 Å². The smallest absolute Gasteiger partial charge is 0.187 e. The summed E-state index contributed by atoms with van der Waals surface area (Å²) in [4.78, 5) is 28.0. The Morgan fingerprint density at radius 3 is 2.77 bits per heavy atom. The number of aliphatic hydroxyl groups excluding tert-OH is 1. The number of hydrogen-bond acceptors (Lipinski definition) is 8. The van der Waals surface area contributed by atoms with Crippen molar-refractivity contribution in [2.75, 3.05) is 23.7 Å². The Morgan fingerprint density at radius 2 is 2.00 bits per heavy atom. The summed E-state index contributed by atoms with van der Waals surface area (Å²) in [5.74, 6) is 0.248. The van der Waals surface area contributed by atoms with Gasteiger partial charge >= 0.3 is 0 Å². The molecule has 0 spiro atoms. The van der Waals surface area contributed by atoms with E-state index in [1.165, 1.54) is 6.20 Å². The summed E-state index contributed by atoms with van der Waals surface area (Å²) in [5.41, 5.74) is 15.0. The molecule has 1 aliphatic rings. The number of aromatic nitrogens is 3. The Balaban J connectivity index is 1.59. The van der Waals surface area contributed by atoms with Gasteiger partial charge in [-0.1, -0.05) is 30.3 Å². The summed E-state index contributed by atoms with van der Waals surface area (Å²) in [6, 6.07) is 11.0. The van der Waals surface area contributed by atoms with Gasteiger partial charge in [0.15, 0.2) is 11.6 Å². The van der Waals surface area contributed by atoms with Gasteiger partial charge in [0.05, 0.1) is 18.0 Å². The number of nitrogens with two attached hydrogens (primary N) is 2. The molecule has 0 aliphatic carbocycles. The van der Waals surface area contributed by atoms with Crippen molar-refractivity contribution in [1.82, 2.24) is 15.0 Å². The zero-order valence-corrected chi connectivity index (χ0v) is 16.5. The van der Waals surface area contributed by atoms with Crippen molar-refractivity contribution < 1.29 is 9.90 Å². The number of carbonyl (C=O) groups excluding carboxylic acids is 1. The summed E-state index contributed by atoms with van der Waals surface area (Å²) >= 11 is 0. The van der Waals surface area contributed by atoms with Crippen LogP contribution in [0.25, 0.3) is 11.4 Å². The number of anilines is 2. The number of carbonyl (C=O) groups is 1. The van der Waals surface area contributed by atoms with Gasteiger partial charge in [0.25, 0.3) is 0 Å². The standard InChI is InChI=1S/C22H24N6O2/c23-16-12-26-22(14-4-2-1-3-5-14)27-21(16)20(30)10-15-11-25-8-6-18(15)28-9-7-19(29)17(24)13-28/h1-6,8,11-12,17,19,29H,7,9-10,13,23-24H2/t17-,19-/m1/s1. The highest BCUT2D eigenvalue weighted by Crippen LogP contribution is 2.25. The van der Waals surface area contributed by atoms with Crippen molar-refractivity contribution in [3.63, 3.8) is 0 Å². The number of Topliss-reactive ketones (excluding diaryl/α,β-unsaturated/α-hetero) is 1. The largest absolute Gasteiger partial charge is 0.396 e. The van der Waals surface area contributed by atoms with Gasteiger partial charge in [0, 0.05) is 54.8 Å². The molecule has 154 valence electrons. The van der Waals surface area contributed by atoms with Gasteiger partial charge in [0.1, 0.15) is 5.69 Å². The highest BCUT2D eigenvalue weighted by Gasteiger charge is 2.26. The van der Waals surface area contributed by atoms with E-state index in [4.69, 9.17) is 11.5 Å². The molecule has 2 atom stereocenters. The molecule has 3 heterocycles. The SMILES string of the molecule is Nc1cnc(-c2ccccc2)nc1C(=O)Cc1cnccc1N1CC[C@@H](O)[C@H](N)C1. The number of ketones is 1. The van der Waals surface area contributed by atoms with E-state index in [0.29, 0.717) is 25.3 Å². The first-order chi connectivity index (χ1) is 14.5. The molecule has 4 rings (SSSR count). The van der Waals surface area contributed by atoms with Crippen LogP contribution in [-0.4, -0.2) is 51.1 Å². The highest BCUT2D eigenvalue weighted by molar-refractivity contribution is 6.00. The third-order valence-corrected chi connectivity index (χ3v) is 5.30. The van der Waals surface area contributed by atoms with Crippen LogP contribution in [0.2, 0.25) is 0 Å². The van der Waals surface area contributed by atoms with Crippen LogP contribution in [0.3, 0.4) is 0 Å². The van der Waals surface area contributed by atoms with Crippen LogP contribution in [0.1, 0.15) is 22.5 Å². The Labute approximate surface area is 174 Å². The normalized spacial score (nSPS) is 18.9. The molecule has 3 aromatic rings. The summed E-state index contributed by atoms with van der Waals surface area (Å²) in [6.07, 6.45) is 5.01. The van der Waals surface area contributed by atoms with Gasteiger partial charge in [-0.2, -0.15) is 0 Å². The number of aliphatic hydroxyl groups is 1. The lowest BCUT2D eigenvalue weighted by Crippen LogP contribution is -2.51. The fourth-order valence-electron chi connectivity index (χ4n) is 3.65. The average Bonchev–Trinajstić information content (AvgIpc) is 2.77. The number of piperidine rings is 1. The van der Waals surface area contributed by atoms with Gasteiger partial charge < -0.3 is 21.5 Å². The second-order valence-electron chi connectivity index (χ2n) is 7.43. The molecule has 1 aliphatic heterocycles. The van der Waals surface area contributed by atoms with Gasteiger partial charge in [-0.05, 0) is 12.5 Å². The maximum Gasteiger partial charge on any atom is 0.187 e. The maximum absolute atomic E-state index is 13.1. The van der Waals surface area contributed by atoms with Crippen LogP contribution in [0.15, 0.2) is 55.0 Å². The molecule has 0 amide bonds. The second kappa shape index (κ2) is 8.56. The van der Waals surface area contributed by atoms with E-state index in [0.717, 1.165) is 16.8 Å². The van der Waals surface area contributed by atoms with Crippen LogP contribution >= 0.6 is 0 Å². The fourth-order valence-corrected chi connectivity index (χ4v) is 3.65. The van der Waals surface area contributed by atoms with Gasteiger partial charge in [-0.25, -0.2) is 9.97 Å². The average molecular weight is 404 g/mol. The molecule has 8 nitrogen and oxygen atoms in total. The minimum Gasteiger partial charge on any atom is -0.396 e. The second-order valence-corrected chi connectivity index (χ2v) is 7.43. The molecule has 0 bridgehead atoms. The van der Waals surface area contributed by atoms with Crippen LogP contribution in [0.4, 0.5) is 11.4 Å². The molecule has 0 radical (unpaired) electrons. The Hall–Kier alpha value is -3.36. The van der Waals surface area contributed by atoms with Gasteiger partial charge in [0.2, 0.25) is 0 Å². The minimum absolute atomic E-state index is 0.104. The van der Waals surface area contributed by atoms with Crippen LogP contribution in [-0.2, 0) is 6.42 Å². The van der Waals surface area contributed by atoms with Gasteiger partial charge in [-0.3, -0.25) is 9.78 Å². The third-order valence-electron chi connectivity index (χ3n) is 5.30. The molecule has 0 unspecified atom stereocenters. The molecule has 0 saturated carbocycles. The molecule has 1 fully saturated rings.